The zero-order valence-corrected chi connectivity index (χ0v) is 10.2. The largest absolute Gasteiger partial charge is 0.315 e. The second kappa shape index (κ2) is 5.45. The first-order valence-electron chi connectivity index (χ1n) is 5.17. The number of nitrogens with zero attached hydrogens (tertiary/aromatic N) is 1. The fourth-order valence-corrected chi connectivity index (χ4v) is 3.61. The molecule has 0 aromatic heterocycles. The molecule has 0 radical (unpaired) electrons. The summed E-state index contributed by atoms with van der Waals surface area (Å²) in [7, 11) is -3.18. The predicted molar refractivity (Wildman–Crippen MR) is 61.4 cm³/mol. The lowest BCUT2D eigenvalue weighted by atomic mass is 10.1. The van der Waals surface area contributed by atoms with E-state index in [0.29, 0.717) is 13.1 Å². The number of rotatable bonds is 1. The lowest BCUT2D eigenvalue weighted by molar-refractivity contribution is 0.251. The molecule has 0 aromatic carbocycles. The lowest BCUT2D eigenvalue weighted by Gasteiger charge is -2.36. The van der Waals surface area contributed by atoms with E-state index >= 15 is 0 Å². The summed E-state index contributed by atoms with van der Waals surface area (Å²) in [4.78, 5) is 0. The second-order valence-electron chi connectivity index (χ2n) is 3.86. The Hall–Kier alpha value is 0.120. The van der Waals surface area contributed by atoms with Crippen molar-refractivity contribution in [3.63, 3.8) is 0 Å². The van der Waals surface area contributed by atoms with Crippen molar-refractivity contribution in [2.45, 2.75) is 25.3 Å². The van der Waals surface area contributed by atoms with Crippen molar-refractivity contribution in [1.29, 1.82) is 0 Å². The Kier molecular flexibility index (Phi) is 4.79. The smallest absolute Gasteiger partial charge is 0.279 e. The number of piperidine rings is 1. The molecule has 2 fully saturated rings. The van der Waals surface area contributed by atoms with Crippen LogP contribution in [-0.2, 0) is 10.2 Å². The molecule has 15 heavy (non-hydrogen) atoms. The van der Waals surface area contributed by atoms with E-state index in [0.717, 1.165) is 32.4 Å². The number of hydrogen-bond donors (Lipinski definition) is 2. The monoisotopic (exact) mass is 255 g/mol. The van der Waals surface area contributed by atoms with Gasteiger partial charge in [0.1, 0.15) is 0 Å². The van der Waals surface area contributed by atoms with Gasteiger partial charge in [0.05, 0.1) is 0 Å². The molecule has 0 aromatic rings. The summed E-state index contributed by atoms with van der Waals surface area (Å²) in [6.07, 6.45) is 2.96. The average molecular weight is 256 g/mol. The molecule has 0 amide bonds. The molecule has 0 saturated carbocycles. The summed E-state index contributed by atoms with van der Waals surface area (Å²) in [6.45, 7) is 3.05. The molecule has 1 atom stereocenters. The van der Waals surface area contributed by atoms with Gasteiger partial charge in [0.15, 0.2) is 0 Å². The minimum atomic E-state index is -3.18. The maximum Gasteiger partial charge on any atom is 0.279 e. The Labute approximate surface area is 97.2 Å². The molecular formula is C8H18ClN3O2S. The van der Waals surface area contributed by atoms with Crippen molar-refractivity contribution in [1.82, 2.24) is 14.3 Å². The minimum absolute atomic E-state index is 0. The van der Waals surface area contributed by atoms with Crippen LogP contribution in [0.25, 0.3) is 0 Å². The number of halogens is 1. The van der Waals surface area contributed by atoms with Gasteiger partial charge in [-0.15, -0.1) is 12.4 Å². The highest BCUT2D eigenvalue weighted by molar-refractivity contribution is 7.87. The SMILES string of the molecule is Cl.O=S1(=O)NCCCN1C1CCCNC1. The van der Waals surface area contributed by atoms with E-state index in [9.17, 15) is 8.42 Å². The van der Waals surface area contributed by atoms with Gasteiger partial charge < -0.3 is 5.32 Å². The van der Waals surface area contributed by atoms with E-state index in [2.05, 4.69) is 10.0 Å². The van der Waals surface area contributed by atoms with Crippen molar-refractivity contribution in [3.05, 3.63) is 0 Å². The molecule has 2 rings (SSSR count). The number of hydrogen-bond acceptors (Lipinski definition) is 3. The van der Waals surface area contributed by atoms with Crippen molar-refractivity contribution in [3.8, 4) is 0 Å². The van der Waals surface area contributed by atoms with Gasteiger partial charge in [-0.05, 0) is 25.8 Å². The summed E-state index contributed by atoms with van der Waals surface area (Å²) < 4.78 is 27.5. The average Bonchev–Trinajstić information content (AvgIpc) is 2.18. The molecule has 0 spiro atoms. The van der Waals surface area contributed by atoms with Crippen LogP contribution in [0.1, 0.15) is 19.3 Å². The van der Waals surface area contributed by atoms with Crippen LogP contribution in [-0.4, -0.2) is 44.9 Å². The van der Waals surface area contributed by atoms with E-state index in [1.54, 1.807) is 4.31 Å². The van der Waals surface area contributed by atoms with Crippen LogP contribution < -0.4 is 10.0 Å². The fourth-order valence-electron chi connectivity index (χ4n) is 2.10. The van der Waals surface area contributed by atoms with Crippen LogP contribution in [0.2, 0.25) is 0 Å². The molecule has 2 aliphatic heterocycles. The highest BCUT2D eigenvalue weighted by Crippen LogP contribution is 2.16. The Morgan fingerprint density at radius 3 is 2.60 bits per heavy atom. The zero-order chi connectivity index (χ0) is 10.0. The normalized spacial score (nSPS) is 31.9. The van der Waals surface area contributed by atoms with Crippen LogP contribution in [0.4, 0.5) is 0 Å². The molecule has 0 bridgehead atoms. The molecule has 2 heterocycles. The van der Waals surface area contributed by atoms with E-state index in [1.165, 1.54) is 0 Å². The molecular weight excluding hydrogens is 238 g/mol. The van der Waals surface area contributed by atoms with E-state index in [1.807, 2.05) is 0 Å². The quantitative estimate of drug-likeness (QED) is 0.676. The Morgan fingerprint density at radius 2 is 2.00 bits per heavy atom. The third-order valence-electron chi connectivity index (χ3n) is 2.83. The van der Waals surface area contributed by atoms with Crippen LogP contribution in [0.15, 0.2) is 0 Å². The van der Waals surface area contributed by atoms with Gasteiger partial charge >= 0.3 is 0 Å². The summed E-state index contributed by atoms with van der Waals surface area (Å²) >= 11 is 0. The van der Waals surface area contributed by atoms with Gasteiger partial charge in [0.25, 0.3) is 10.2 Å². The molecule has 2 N–H and O–H groups in total. The molecule has 7 heteroatoms. The maximum atomic E-state index is 11.7. The molecule has 5 nitrogen and oxygen atoms in total. The van der Waals surface area contributed by atoms with Crippen LogP contribution >= 0.6 is 12.4 Å². The third kappa shape index (κ3) is 3.04. The Bertz CT molecular complexity index is 290. The van der Waals surface area contributed by atoms with Crippen molar-refractivity contribution in [2.24, 2.45) is 0 Å². The summed E-state index contributed by atoms with van der Waals surface area (Å²) in [6, 6.07) is 0.154. The zero-order valence-electron chi connectivity index (χ0n) is 8.61. The molecule has 90 valence electrons. The topological polar surface area (TPSA) is 61.4 Å². The van der Waals surface area contributed by atoms with Crippen LogP contribution in [0, 0.1) is 0 Å². The van der Waals surface area contributed by atoms with E-state index < -0.39 is 10.2 Å². The highest BCUT2D eigenvalue weighted by atomic mass is 35.5. The Balaban J connectivity index is 0.00000112. The lowest BCUT2D eigenvalue weighted by Crippen LogP contribution is -2.55. The summed E-state index contributed by atoms with van der Waals surface area (Å²) in [5.41, 5.74) is 0. The fraction of sp³-hybridized carbons (Fsp3) is 1.00. The van der Waals surface area contributed by atoms with Gasteiger partial charge in [0, 0.05) is 25.7 Å². The Morgan fingerprint density at radius 1 is 1.20 bits per heavy atom. The van der Waals surface area contributed by atoms with Crippen molar-refractivity contribution in [2.75, 3.05) is 26.2 Å². The number of nitrogens with one attached hydrogen (secondary N) is 2. The highest BCUT2D eigenvalue weighted by Gasteiger charge is 2.32. The van der Waals surface area contributed by atoms with Crippen LogP contribution in [0.3, 0.4) is 0 Å². The molecule has 0 aliphatic carbocycles. The third-order valence-corrected chi connectivity index (χ3v) is 4.49. The van der Waals surface area contributed by atoms with Crippen molar-refractivity contribution < 1.29 is 8.42 Å². The van der Waals surface area contributed by atoms with Crippen LogP contribution in [0.5, 0.6) is 0 Å². The molecule has 2 saturated heterocycles. The van der Waals surface area contributed by atoms with Gasteiger partial charge in [-0.3, -0.25) is 0 Å². The summed E-state index contributed by atoms with van der Waals surface area (Å²) in [5.74, 6) is 0. The van der Waals surface area contributed by atoms with Gasteiger partial charge in [-0.1, -0.05) is 0 Å². The van der Waals surface area contributed by atoms with E-state index in [-0.39, 0.29) is 18.4 Å². The summed E-state index contributed by atoms with van der Waals surface area (Å²) in [5, 5.41) is 3.24. The predicted octanol–water partition coefficient (Wildman–Crippen LogP) is -0.300. The first-order valence-corrected chi connectivity index (χ1v) is 6.61. The van der Waals surface area contributed by atoms with Crippen molar-refractivity contribution >= 4 is 22.6 Å². The van der Waals surface area contributed by atoms with Gasteiger partial charge in [-0.25, -0.2) is 4.72 Å². The first-order chi connectivity index (χ1) is 6.70. The minimum Gasteiger partial charge on any atom is -0.315 e. The maximum absolute atomic E-state index is 11.7. The standard InChI is InChI=1S/C8H17N3O2S.ClH/c12-14(13)10-5-2-6-11(14)8-3-1-4-9-7-8;/h8-10H,1-7H2;1H. The van der Waals surface area contributed by atoms with Gasteiger partial charge in [-0.2, -0.15) is 12.7 Å². The molecule has 2 aliphatic rings. The molecule has 1 unspecified atom stereocenters. The van der Waals surface area contributed by atoms with E-state index in [4.69, 9.17) is 0 Å². The second-order valence-corrected chi connectivity index (χ2v) is 5.57. The first kappa shape index (κ1) is 13.2. The van der Waals surface area contributed by atoms with Gasteiger partial charge in [0.2, 0.25) is 0 Å².